The van der Waals surface area contributed by atoms with E-state index in [1.54, 1.807) is 0 Å². The van der Waals surface area contributed by atoms with E-state index in [1.807, 2.05) is 24.8 Å². The normalized spacial score (nSPS) is 18.7. The second kappa shape index (κ2) is 14.8. The predicted molar refractivity (Wildman–Crippen MR) is 212 cm³/mol. The summed E-state index contributed by atoms with van der Waals surface area (Å²) in [5.74, 6) is 1.00. The Hall–Kier alpha value is -5.96. The van der Waals surface area contributed by atoms with Gasteiger partial charge < -0.3 is 15.1 Å². The van der Waals surface area contributed by atoms with E-state index in [0.29, 0.717) is 18.1 Å². The zero-order valence-corrected chi connectivity index (χ0v) is 30.4. The second-order valence-corrected chi connectivity index (χ2v) is 15.1. The van der Waals surface area contributed by atoms with Gasteiger partial charge in [-0.2, -0.15) is 10.2 Å². The number of anilines is 2. The Morgan fingerprint density at radius 1 is 0.593 bits per heavy atom. The Morgan fingerprint density at radius 3 is 1.61 bits per heavy atom. The average Bonchev–Trinajstić information content (AvgIpc) is 4.06. The lowest BCUT2D eigenvalue weighted by Gasteiger charge is -2.20. The first kappa shape index (κ1) is 33.8. The molecule has 2 fully saturated rings. The van der Waals surface area contributed by atoms with Crippen LogP contribution in [0.15, 0.2) is 110 Å². The maximum Gasteiger partial charge on any atom is 0.220 e. The molecule has 3 N–H and O–H groups in total. The number of aromatic amines is 2. The molecule has 1 amide bonds. The minimum Gasteiger partial charge on any atom is -0.367 e. The Morgan fingerprint density at radius 2 is 1.15 bits per heavy atom. The van der Waals surface area contributed by atoms with Crippen LogP contribution in [0.3, 0.4) is 0 Å². The molecule has 0 bridgehead atoms. The highest BCUT2D eigenvalue weighted by molar-refractivity contribution is 5.81. The number of carbonyl (C=O) groups excluding carboxylic acids is 2. The summed E-state index contributed by atoms with van der Waals surface area (Å²) in [7, 11) is 0. The lowest BCUT2D eigenvalue weighted by molar-refractivity contribution is -0.119. The van der Waals surface area contributed by atoms with Gasteiger partial charge in [0.25, 0.3) is 0 Å². The first-order chi connectivity index (χ1) is 26.5. The number of aromatic nitrogens is 4. The topological polar surface area (TPSA) is 110 Å². The molecule has 6 aromatic rings. The van der Waals surface area contributed by atoms with Gasteiger partial charge in [-0.05, 0) is 100 Å². The Balaban J connectivity index is 0.000000142. The van der Waals surface area contributed by atoms with Gasteiger partial charge in [-0.15, -0.1) is 0 Å². The van der Waals surface area contributed by atoms with Crippen LogP contribution in [0, 0.1) is 0 Å². The number of hydrogen-bond acceptors (Lipinski definition) is 6. The van der Waals surface area contributed by atoms with Crippen molar-refractivity contribution >= 4 is 23.1 Å². The molecule has 2 unspecified atom stereocenters. The summed E-state index contributed by atoms with van der Waals surface area (Å²) in [4.78, 5) is 27.9. The number of Topliss-reactive ketones (excluding diaryl/α,β-unsaturated/α-hetero) is 1. The number of amides is 1. The fourth-order valence-corrected chi connectivity index (χ4v) is 8.60. The highest BCUT2D eigenvalue weighted by atomic mass is 16.2. The molecule has 9 heteroatoms. The molecule has 0 radical (unpaired) electrons. The summed E-state index contributed by atoms with van der Waals surface area (Å²) < 4.78 is 0. The molecule has 1 saturated carbocycles. The van der Waals surface area contributed by atoms with Gasteiger partial charge in [0, 0.05) is 80.3 Å². The van der Waals surface area contributed by atoms with E-state index in [9.17, 15) is 9.59 Å². The van der Waals surface area contributed by atoms with Gasteiger partial charge in [-0.25, -0.2) is 0 Å². The fourth-order valence-electron chi connectivity index (χ4n) is 8.60. The number of carbonyl (C=O) groups is 2. The number of rotatable bonds is 8. The molecule has 4 aliphatic rings. The maximum absolute atomic E-state index is 11.5. The zero-order valence-electron chi connectivity index (χ0n) is 30.4. The molecular weight excluding hydrogens is 671 g/mol. The van der Waals surface area contributed by atoms with Gasteiger partial charge >= 0.3 is 0 Å². The molecule has 54 heavy (non-hydrogen) atoms. The predicted octanol–water partition coefficient (Wildman–Crippen LogP) is 8.07. The van der Waals surface area contributed by atoms with Crippen molar-refractivity contribution in [3.8, 4) is 22.3 Å². The molecule has 0 spiro atoms. The van der Waals surface area contributed by atoms with Crippen LogP contribution in [0.4, 0.5) is 11.4 Å². The van der Waals surface area contributed by atoms with Crippen LogP contribution < -0.4 is 15.1 Å². The van der Waals surface area contributed by atoms with Gasteiger partial charge in [-0.3, -0.25) is 19.8 Å². The van der Waals surface area contributed by atoms with Gasteiger partial charge in [0.05, 0.1) is 18.4 Å². The third kappa shape index (κ3) is 7.18. The number of nitrogens with one attached hydrogen (secondary N) is 3. The minimum absolute atomic E-state index is 0.160. The zero-order chi connectivity index (χ0) is 36.4. The molecule has 5 heterocycles. The number of ketones is 1. The van der Waals surface area contributed by atoms with Crippen LogP contribution in [0.2, 0.25) is 0 Å². The molecule has 272 valence electrons. The van der Waals surface area contributed by atoms with Gasteiger partial charge in [-0.1, -0.05) is 60.7 Å². The number of H-pyrrole nitrogens is 2. The second-order valence-electron chi connectivity index (χ2n) is 15.1. The first-order valence-corrected chi connectivity index (χ1v) is 19.3. The summed E-state index contributed by atoms with van der Waals surface area (Å²) in [6, 6.07) is 31.2. The maximum atomic E-state index is 11.5. The molecule has 3 aliphatic heterocycles. The van der Waals surface area contributed by atoms with E-state index in [1.165, 1.54) is 55.9 Å². The summed E-state index contributed by atoms with van der Waals surface area (Å²) in [5.41, 5.74) is 15.3. The Kier molecular flexibility index (Phi) is 9.29. The van der Waals surface area contributed by atoms with Crippen LogP contribution in [0.5, 0.6) is 0 Å². The van der Waals surface area contributed by atoms with Crippen molar-refractivity contribution in [1.82, 2.24) is 25.7 Å². The van der Waals surface area contributed by atoms with Gasteiger partial charge in [0.15, 0.2) is 0 Å². The van der Waals surface area contributed by atoms with E-state index in [0.717, 1.165) is 75.8 Å². The minimum atomic E-state index is 0.160. The summed E-state index contributed by atoms with van der Waals surface area (Å²) in [6.45, 7) is 3.95. The summed E-state index contributed by atoms with van der Waals surface area (Å²) >= 11 is 0. The monoisotopic (exact) mass is 715 g/mol. The standard InChI is InChI=1S/C23H23N3O.C22H22N4O/c27-22-7-5-19(12-22)17-3-1-16(2-4-17)15-26-10-9-20-11-18(6-8-23(20)26)21-13-24-25-14-21;27-22-8-6-20(25-22)16-3-1-15(2-4-16)14-26-10-9-18-11-17(5-7-21(18)26)19-12-23-24-13-19/h1-4,6,8,11,13-14,19H,5,7,9-10,12,15H2,(H,24,25);1-5,7,11-13,20H,6,8-10,14H2,(H,23,24)(H,25,27). The molecule has 10 rings (SSSR count). The molecule has 9 nitrogen and oxygen atoms in total. The van der Waals surface area contributed by atoms with E-state index < -0.39 is 0 Å². The third-order valence-electron chi connectivity index (χ3n) is 11.6. The Labute approximate surface area is 315 Å². The number of fused-ring (bicyclic) bond motifs is 2. The molecule has 4 aromatic carbocycles. The molecule has 1 saturated heterocycles. The summed E-state index contributed by atoms with van der Waals surface area (Å²) in [5, 5.41) is 16.9. The van der Waals surface area contributed by atoms with Crippen LogP contribution in [0.1, 0.15) is 77.4 Å². The fraction of sp³-hybridized carbons (Fsp3) is 0.289. The molecular formula is C45H45N7O2. The largest absolute Gasteiger partial charge is 0.367 e. The van der Waals surface area contributed by atoms with Crippen LogP contribution in [0.25, 0.3) is 22.3 Å². The van der Waals surface area contributed by atoms with Crippen molar-refractivity contribution in [2.75, 3.05) is 22.9 Å². The molecule has 2 aromatic heterocycles. The first-order valence-electron chi connectivity index (χ1n) is 19.3. The molecule has 1 aliphatic carbocycles. The van der Waals surface area contributed by atoms with Crippen molar-refractivity contribution in [1.29, 1.82) is 0 Å². The number of hydrogen-bond donors (Lipinski definition) is 3. The highest BCUT2D eigenvalue weighted by Crippen LogP contribution is 2.36. The van der Waals surface area contributed by atoms with Gasteiger partial charge in [0.2, 0.25) is 5.91 Å². The van der Waals surface area contributed by atoms with Crippen LogP contribution >= 0.6 is 0 Å². The van der Waals surface area contributed by atoms with Crippen molar-refractivity contribution in [2.45, 2.75) is 70.0 Å². The lowest BCUT2D eigenvalue weighted by atomic mass is 9.96. The smallest absolute Gasteiger partial charge is 0.220 e. The highest BCUT2D eigenvalue weighted by Gasteiger charge is 2.25. The van der Waals surface area contributed by atoms with Crippen LogP contribution in [-0.2, 0) is 35.5 Å². The Bertz CT molecular complexity index is 2080. The van der Waals surface area contributed by atoms with Gasteiger partial charge in [0.1, 0.15) is 5.78 Å². The lowest BCUT2D eigenvalue weighted by Crippen LogP contribution is -2.20. The van der Waals surface area contributed by atoms with Crippen molar-refractivity contribution in [2.24, 2.45) is 0 Å². The number of nitrogens with zero attached hydrogens (tertiary/aromatic N) is 4. The number of benzene rings is 4. The van der Waals surface area contributed by atoms with Crippen LogP contribution in [-0.4, -0.2) is 45.2 Å². The van der Waals surface area contributed by atoms with Crippen molar-refractivity contribution in [3.63, 3.8) is 0 Å². The van der Waals surface area contributed by atoms with E-state index >= 15 is 0 Å². The third-order valence-corrected chi connectivity index (χ3v) is 11.6. The van der Waals surface area contributed by atoms with Crippen molar-refractivity contribution < 1.29 is 9.59 Å². The van der Waals surface area contributed by atoms with E-state index in [4.69, 9.17) is 0 Å². The quantitative estimate of drug-likeness (QED) is 0.147. The average molecular weight is 716 g/mol. The summed E-state index contributed by atoms with van der Waals surface area (Å²) in [6.07, 6.45) is 13.8. The van der Waals surface area contributed by atoms with E-state index in [-0.39, 0.29) is 11.9 Å². The van der Waals surface area contributed by atoms with E-state index in [2.05, 4.69) is 120 Å². The van der Waals surface area contributed by atoms with Crippen molar-refractivity contribution in [3.05, 3.63) is 143 Å². The SMILES string of the molecule is O=C1CCC(c2ccc(CN3CCc4cc(-c5cn[nH]c5)ccc43)cc2)C1.O=C1CCC(c2ccc(CN3CCc4cc(-c5cn[nH]c5)ccc43)cc2)N1. The molecule has 2 atom stereocenters.